The molecule has 0 heterocycles. The van der Waals surface area contributed by atoms with Gasteiger partial charge in [-0.25, -0.2) is 0 Å². The molecule has 2 aliphatic carbocycles. The minimum Gasteiger partial charge on any atom is -0.490 e. The highest BCUT2D eigenvalue weighted by Gasteiger charge is 2.33. The highest BCUT2D eigenvalue weighted by Crippen LogP contribution is 2.29. The lowest BCUT2D eigenvalue weighted by Gasteiger charge is -2.28. The van der Waals surface area contributed by atoms with Gasteiger partial charge in [-0.3, -0.25) is 4.79 Å². The molecule has 4 heteroatoms. The van der Waals surface area contributed by atoms with Crippen molar-refractivity contribution in [1.82, 2.24) is 5.32 Å². The fraction of sp³-hybridized carbons (Fsp3) is 0.650. The van der Waals surface area contributed by atoms with Crippen molar-refractivity contribution in [2.75, 3.05) is 6.54 Å². The molecule has 3 rings (SSSR count). The van der Waals surface area contributed by atoms with Crippen molar-refractivity contribution in [3.63, 3.8) is 0 Å². The lowest BCUT2D eigenvalue weighted by Crippen LogP contribution is -2.51. The molecule has 3 N–H and O–H groups in total. The van der Waals surface area contributed by atoms with Crippen LogP contribution < -0.4 is 15.8 Å². The summed E-state index contributed by atoms with van der Waals surface area (Å²) in [6.07, 6.45) is 10.8. The van der Waals surface area contributed by atoms with Crippen molar-refractivity contribution in [3.8, 4) is 5.75 Å². The molecule has 0 bridgehead atoms. The number of hydrogen-bond acceptors (Lipinski definition) is 3. The van der Waals surface area contributed by atoms with Gasteiger partial charge in [0.1, 0.15) is 5.75 Å². The van der Waals surface area contributed by atoms with E-state index in [1.165, 1.54) is 12.8 Å². The lowest BCUT2D eigenvalue weighted by molar-refractivity contribution is -0.122. The van der Waals surface area contributed by atoms with Crippen LogP contribution in [0, 0.1) is 0 Å². The van der Waals surface area contributed by atoms with Crippen molar-refractivity contribution >= 4 is 5.91 Å². The van der Waals surface area contributed by atoms with Crippen LogP contribution in [0.25, 0.3) is 0 Å². The first-order chi connectivity index (χ1) is 11.7. The van der Waals surface area contributed by atoms with Gasteiger partial charge in [0.05, 0.1) is 11.6 Å². The Morgan fingerprint density at radius 1 is 1.21 bits per heavy atom. The summed E-state index contributed by atoms with van der Waals surface area (Å²) in [4.78, 5) is 12.3. The molecule has 0 unspecified atom stereocenters. The molecule has 4 nitrogen and oxygen atoms in total. The SMILES string of the molecule is NCC1(NC(=O)CCc2cccc(OC3CCCC3)c2)CCCC1. The van der Waals surface area contributed by atoms with E-state index < -0.39 is 0 Å². The highest BCUT2D eigenvalue weighted by atomic mass is 16.5. The van der Waals surface area contributed by atoms with E-state index in [4.69, 9.17) is 10.5 Å². The maximum absolute atomic E-state index is 12.3. The molecule has 2 aliphatic rings. The fourth-order valence-corrected chi connectivity index (χ4v) is 4.02. The van der Waals surface area contributed by atoms with E-state index in [1.54, 1.807) is 0 Å². The summed E-state index contributed by atoms with van der Waals surface area (Å²) < 4.78 is 6.05. The molecule has 0 spiro atoms. The Balaban J connectivity index is 1.49. The van der Waals surface area contributed by atoms with E-state index in [0.717, 1.165) is 56.3 Å². The maximum atomic E-state index is 12.3. The summed E-state index contributed by atoms with van der Waals surface area (Å²) in [5.41, 5.74) is 6.90. The number of carbonyl (C=O) groups is 1. The normalized spacial score (nSPS) is 20.2. The van der Waals surface area contributed by atoms with Crippen molar-refractivity contribution in [2.24, 2.45) is 5.73 Å². The average molecular weight is 330 g/mol. The fourth-order valence-electron chi connectivity index (χ4n) is 4.02. The predicted octanol–water partition coefficient (Wildman–Crippen LogP) is 3.33. The number of carbonyl (C=O) groups excluding carboxylic acids is 1. The van der Waals surface area contributed by atoms with Gasteiger partial charge in [-0.2, -0.15) is 0 Å². The molecule has 0 aliphatic heterocycles. The summed E-state index contributed by atoms with van der Waals surface area (Å²) in [6, 6.07) is 8.20. The van der Waals surface area contributed by atoms with E-state index in [1.807, 2.05) is 12.1 Å². The molecule has 24 heavy (non-hydrogen) atoms. The molecule has 0 saturated heterocycles. The minimum absolute atomic E-state index is 0.115. The van der Waals surface area contributed by atoms with Gasteiger partial charge < -0.3 is 15.8 Å². The van der Waals surface area contributed by atoms with Crippen molar-refractivity contribution in [3.05, 3.63) is 29.8 Å². The van der Waals surface area contributed by atoms with Crippen LogP contribution >= 0.6 is 0 Å². The van der Waals surface area contributed by atoms with E-state index in [-0.39, 0.29) is 11.4 Å². The monoisotopic (exact) mass is 330 g/mol. The van der Waals surface area contributed by atoms with Crippen LogP contribution in [0.4, 0.5) is 0 Å². The molecule has 0 radical (unpaired) electrons. The third-order valence-corrected chi connectivity index (χ3v) is 5.50. The second-order valence-corrected chi connectivity index (χ2v) is 7.41. The number of benzene rings is 1. The van der Waals surface area contributed by atoms with Gasteiger partial charge in [-0.05, 0) is 62.6 Å². The predicted molar refractivity (Wildman–Crippen MR) is 96.0 cm³/mol. The van der Waals surface area contributed by atoms with Crippen LogP contribution in [0.15, 0.2) is 24.3 Å². The maximum Gasteiger partial charge on any atom is 0.220 e. The van der Waals surface area contributed by atoms with Crippen molar-refractivity contribution in [2.45, 2.75) is 75.9 Å². The topological polar surface area (TPSA) is 64.3 Å². The zero-order valence-corrected chi connectivity index (χ0v) is 14.6. The van der Waals surface area contributed by atoms with Crippen LogP contribution in [0.3, 0.4) is 0 Å². The Labute approximate surface area is 145 Å². The first-order valence-electron chi connectivity index (χ1n) is 9.46. The van der Waals surface area contributed by atoms with E-state index in [9.17, 15) is 4.79 Å². The van der Waals surface area contributed by atoms with Crippen molar-refractivity contribution < 1.29 is 9.53 Å². The summed E-state index contributed by atoms with van der Waals surface area (Å²) >= 11 is 0. The van der Waals surface area contributed by atoms with Gasteiger partial charge >= 0.3 is 0 Å². The van der Waals surface area contributed by atoms with Crippen LogP contribution in [0.2, 0.25) is 0 Å². The van der Waals surface area contributed by atoms with Crippen molar-refractivity contribution in [1.29, 1.82) is 0 Å². The highest BCUT2D eigenvalue weighted by molar-refractivity contribution is 5.77. The third-order valence-electron chi connectivity index (χ3n) is 5.50. The molecule has 1 aromatic rings. The number of aryl methyl sites for hydroxylation is 1. The zero-order chi connectivity index (χ0) is 16.8. The zero-order valence-electron chi connectivity index (χ0n) is 14.6. The first-order valence-corrected chi connectivity index (χ1v) is 9.46. The molecule has 1 aromatic carbocycles. The number of nitrogens with one attached hydrogen (secondary N) is 1. The molecular weight excluding hydrogens is 300 g/mol. The lowest BCUT2D eigenvalue weighted by atomic mass is 9.97. The second-order valence-electron chi connectivity index (χ2n) is 7.41. The van der Waals surface area contributed by atoms with Crippen LogP contribution in [0.1, 0.15) is 63.4 Å². The number of amides is 1. The van der Waals surface area contributed by atoms with Gasteiger partial charge in [0.15, 0.2) is 0 Å². The minimum atomic E-state index is -0.148. The van der Waals surface area contributed by atoms with Gasteiger partial charge in [-0.15, -0.1) is 0 Å². The van der Waals surface area contributed by atoms with Gasteiger partial charge in [0.2, 0.25) is 5.91 Å². The Morgan fingerprint density at radius 3 is 2.67 bits per heavy atom. The quantitative estimate of drug-likeness (QED) is 0.806. The van der Waals surface area contributed by atoms with Crippen LogP contribution in [-0.4, -0.2) is 24.1 Å². The molecule has 2 fully saturated rings. The van der Waals surface area contributed by atoms with Gasteiger partial charge in [0.25, 0.3) is 0 Å². The average Bonchev–Trinajstić information content (AvgIpc) is 3.26. The molecule has 0 aromatic heterocycles. The summed E-state index contributed by atoms with van der Waals surface area (Å²) in [5, 5.41) is 3.19. The van der Waals surface area contributed by atoms with Crippen LogP contribution in [0.5, 0.6) is 5.75 Å². The Morgan fingerprint density at radius 2 is 1.96 bits per heavy atom. The number of hydrogen-bond donors (Lipinski definition) is 2. The van der Waals surface area contributed by atoms with E-state index >= 15 is 0 Å². The van der Waals surface area contributed by atoms with E-state index in [2.05, 4.69) is 17.4 Å². The Kier molecular flexibility index (Phi) is 5.77. The number of ether oxygens (including phenoxy) is 1. The molecule has 1 amide bonds. The van der Waals surface area contributed by atoms with Gasteiger partial charge in [-0.1, -0.05) is 25.0 Å². The number of nitrogens with two attached hydrogens (primary N) is 1. The van der Waals surface area contributed by atoms with E-state index in [0.29, 0.717) is 19.1 Å². The number of rotatable bonds is 7. The summed E-state index contributed by atoms with van der Waals surface area (Å²) in [7, 11) is 0. The Hall–Kier alpha value is -1.55. The summed E-state index contributed by atoms with van der Waals surface area (Å²) in [6.45, 7) is 0.545. The standard InChI is InChI=1S/C20H30N2O2/c21-15-20(12-3-4-13-20)22-19(23)11-10-16-6-5-9-18(14-16)24-17-7-1-2-8-17/h5-6,9,14,17H,1-4,7-8,10-13,15,21H2,(H,22,23). The first kappa shape index (κ1) is 17.3. The molecular formula is C20H30N2O2. The molecule has 2 saturated carbocycles. The second kappa shape index (κ2) is 8.02. The Bertz CT molecular complexity index is 546. The third kappa shape index (κ3) is 4.50. The summed E-state index contributed by atoms with van der Waals surface area (Å²) in [5.74, 6) is 1.05. The molecule has 132 valence electrons. The molecule has 0 atom stereocenters. The van der Waals surface area contributed by atoms with Crippen LogP contribution in [-0.2, 0) is 11.2 Å². The van der Waals surface area contributed by atoms with Gasteiger partial charge in [0, 0.05) is 13.0 Å². The largest absolute Gasteiger partial charge is 0.490 e. The smallest absolute Gasteiger partial charge is 0.220 e.